The number of nitrogens with one attached hydrogen (secondary N) is 1. The third-order valence-electron chi connectivity index (χ3n) is 3.13. The van der Waals surface area contributed by atoms with E-state index in [9.17, 15) is 9.90 Å². The molecule has 0 saturated carbocycles. The highest BCUT2D eigenvalue weighted by atomic mass is 16.6. The van der Waals surface area contributed by atoms with Gasteiger partial charge in [0, 0.05) is 0 Å². The van der Waals surface area contributed by atoms with Gasteiger partial charge in [-0.2, -0.15) is 0 Å². The first-order chi connectivity index (χ1) is 10.7. The van der Waals surface area contributed by atoms with E-state index >= 15 is 0 Å². The molecule has 0 fully saturated rings. The maximum absolute atomic E-state index is 12.0. The fraction of sp³-hybridized carbons (Fsp3) is 0.526. The molecule has 0 spiro atoms. The molecule has 0 aliphatic carbocycles. The molecule has 0 aliphatic rings. The van der Waals surface area contributed by atoms with Crippen LogP contribution in [0.3, 0.4) is 0 Å². The quantitative estimate of drug-likeness (QED) is 0.833. The SMILES string of the molecule is CC(C)C[C@@H](NC(=O)OC(C)(C)C)[C@H](O)/C=C/c1ccccc1. The molecule has 2 atom stereocenters. The van der Waals surface area contributed by atoms with E-state index in [1.54, 1.807) is 6.08 Å². The first-order valence-electron chi connectivity index (χ1n) is 8.08. The second-order valence-corrected chi connectivity index (χ2v) is 7.14. The van der Waals surface area contributed by atoms with Gasteiger partial charge in [0.1, 0.15) is 5.60 Å². The van der Waals surface area contributed by atoms with Crippen molar-refractivity contribution in [3.63, 3.8) is 0 Å². The van der Waals surface area contributed by atoms with Crippen LogP contribution in [0.15, 0.2) is 36.4 Å². The van der Waals surface area contributed by atoms with Crippen LogP contribution in [0, 0.1) is 5.92 Å². The van der Waals surface area contributed by atoms with Gasteiger partial charge in [-0.1, -0.05) is 56.3 Å². The predicted molar refractivity (Wildman–Crippen MR) is 94.1 cm³/mol. The average molecular weight is 319 g/mol. The Labute approximate surface area is 139 Å². The third kappa shape index (κ3) is 8.41. The van der Waals surface area contributed by atoms with Crippen molar-refractivity contribution in [3.05, 3.63) is 42.0 Å². The smallest absolute Gasteiger partial charge is 0.407 e. The summed E-state index contributed by atoms with van der Waals surface area (Å²) in [5.41, 5.74) is 0.448. The summed E-state index contributed by atoms with van der Waals surface area (Å²) in [6.45, 7) is 9.55. The fourth-order valence-electron chi connectivity index (χ4n) is 2.16. The van der Waals surface area contributed by atoms with Gasteiger partial charge < -0.3 is 15.2 Å². The molecule has 1 aromatic carbocycles. The van der Waals surface area contributed by atoms with Crippen molar-refractivity contribution in [1.82, 2.24) is 5.32 Å². The summed E-state index contributed by atoms with van der Waals surface area (Å²) in [6.07, 6.45) is 2.95. The highest BCUT2D eigenvalue weighted by Gasteiger charge is 2.24. The Bertz CT molecular complexity index is 503. The summed E-state index contributed by atoms with van der Waals surface area (Å²) >= 11 is 0. The number of benzene rings is 1. The van der Waals surface area contributed by atoms with Crippen molar-refractivity contribution in [3.8, 4) is 0 Å². The number of carbonyl (C=O) groups is 1. The molecule has 2 N–H and O–H groups in total. The Balaban J connectivity index is 2.72. The van der Waals surface area contributed by atoms with E-state index in [0.717, 1.165) is 5.56 Å². The average Bonchev–Trinajstić information content (AvgIpc) is 2.42. The molecule has 1 amide bonds. The minimum absolute atomic E-state index is 0.342. The molecule has 1 rings (SSSR count). The number of amides is 1. The molecule has 4 heteroatoms. The first-order valence-corrected chi connectivity index (χ1v) is 8.08. The summed E-state index contributed by atoms with van der Waals surface area (Å²) in [5, 5.41) is 13.2. The molecule has 0 heterocycles. The molecule has 0 aliphatic heterocycles. The molecule has 0 aromatic heterocycles. The molecule has 0 saturated heterocycles. The van der Waals surface area contributed by atoms with Crippen LogP contribution in [0.4, 0.5) is 4.79 Å². The van der Waals surface area contributed by atoms with Crippen LogP contribution < -0.4 is 5.32 Å². The summed E-state index contributed by atoms with van der Waals surface area (Å²) in [4.78, 5) is 12.0. The number of alkyl carbamates (subject to hydrolysis) is 1. The van der Waals surface area contributed by atoms with Crippen LogP contribution in [0.5, 0.6) is 0 Å². The fourth-order valence-corrected chi connectivity index (χ4v) is 2.16. The number of aliphatic hydroxyl groups excluding tert-OH is 1. The van der Waals surface area contributed by atoms with Gasteiger partial charge in [0.2, 0.25) is 0 Å². The molecule has 0 unspecified atom stereocenters. The first kappa shape index (κ1) is 19.2. The lowest BCUT2D eigenvalue weighted by Gasteiger charge is -2.26. The lowest BCUT2D eigenvalue weighted by atomic mass is 9.98. The van der Waals surface area contributed by atoms with Gasteiger partial charge in [-0.15, -0.1) is 0 Å². The zero-order valence-corrected chi connectivity index (χ0v) is 14.7. The van der Waals surface area contributed by atoms with E-state index < -0.39 is 17.8 Å². The van der Waals surface area contributed by atoms with E-state index in [1.807, 2.05) is 57.2 Å². The zero-order chi connectivity index (χ0) is 17.5. The summed E-state index contributed by atoms with van der Waals surface area (Å²) in [5.74, 6) is 0.342. The molecule has 128 valence electrons. The summed E-state index contributed by atoms with van der Waals surface area (Å²) < 4.78 is 5.28. The standard InChI is InChI=1S/C19H29NO3/c1-14(2)13-16(20-18(22)23-19(3,4)5)17(21)12-11-15-9-7-6-8-10-15/h6-12,14,16-17,21H,13H2,1-5H3,(H,20,22)/b12-11+/t16-,17-/m1/s1. The maximum atomic E-state index is 12.0. The van der Waals surface area contributed by atoms with E-state index in [-0.39, 0.29) is 6.04 Å². The number of carbonyl (C=O) groups excluding carboxylic acids is 1. The van der Waals surface area contributed by atoms with Crippen LogP contribution in [0.2, 0.25) is 0 Å². The highest BCUT2D eigenvalue weighted by molar-refractivity contribution is 5.68. The topological polar surface area (TPSA) is 58.6 Å². The maximum Gasteiger partial charge on any atom is 0.407 e. The largest absolute Gasteiger partial charge is 0.444 e. The Morgan fingerprint density at radius 3 is 2.39 bits per heavy atom. The molecule has 0 bridgehead atoms. The van der Waals surface area contributed by atoms with Crippen molar-refractivity contribution in [2.45, 2.75) is 58.8 Å². The van der Waals surface area contributed by atoms with Gasteiger partial charge in [0.25, 0.3) is 0 Å². The lowest BCUT2D eigenvalue weighted by molar-refractivity contribution is 0.0442. The minimum Gasteiger partial charge on any atom is -0.444 e. The van der Waals surface area contributed by atoms with Gasteiger partial charge in [-0.3, -0.25) is 0 Å². The molecular weight excluding hydrogens is 290 g/mol. The van der Waals surface area contributed by atoms with Gasteiger partial charge in [0.05, 0.1) is 12.1 Å². The molecule has 1 aromatic rings. The molecule has 23 heavy (non-hydrogen) atoms. The summed E-state index contributed by atoms with van der Waals surface area (Å²) in [6, 6.07) is 9.36. The van der Waals surface area contributed by atoms with E-state index in [4.69, 9.17) is 4.74 Å². The lowest BCUT2D eigenvalue weighted by Crippen LogP contribution is -2.45. The van der Waals surface area contributed by atoms with Crippen LogP contribution >= 0.6 is 0 Å². The Morgan fingerprint density at radius 2 is 1.87 bits per heavy atom. The highest BCUT2D eigenvalue weighted by Crippen LogP contribution is 2.13. The number of rotatable bonds is 6. The van der Waals surface area contributed by atoms with E-state index in [0.29, 0.717) is 12.3 Å². The molecular formula is C19H29NO3. The Morgan fingerprint density at radius 1 is 1.26 bits per heavy atom. The Kier molecular flexibility index (Phi) is 7.30. The monoisotopic (exact) mass is 319 g/mol. The van der Waals surface area contributed by atoms with Crippen LogP contribution in [-0.4, -0.2) is 28.9 Å². The van der Waals surface area contributed by atoms with Crippen LogP contribution in [0.1, 0.15) is 46.6 Å². The number of aliphatic hydroxyl groups is 1. The van der Waals surface area contributed by atoms with Crippen LogP contribution in [0.25, 0.3) is 6.08 Å². The van der Waals surface area contributed by atoms with Crippen molar-refractivity contribution >= 4 is 12.2 Å². The molecule has 4 nitrogen and oxygen atoms in total. The summed E-state index contributed by atoms with van der Waals surface area (Å²) in [7, 11) is 0. The van der Waals surface area contributed by atoms with E-state index in [1.165, 1.54) is 0 Å². The minimum atomic E-state index is -0.773. The predicted octanol–water partition coefficient (Wildman–Crippen LogP) is 4.00. The van der Waals surface area contributed by atoms with Gasteiger partial charge in [-0.05, 0) is 38.7 Å². The van der Waals surface area contributed by atoms with Gasteiger partial charge in [-0.25, -0.2) is 4.79 Å². The van der Waals surface area contributed by atoms with E-state index in [2.05, 4.69) is 19.2 Å². The van der Waals surface area contributed by atoms with Crippen molar-refractivity contribution in [1.29, 1.82) is 0 Å². The number of hydrogen-bond acceptors (Lipinski definition) is 3. The number of ether oxygens (including phenoxy) is 1. The zero-order valence-electron chi connectivity index (χ0n) is 14.7. The Hall–Kier alpha value is -1.81. The normalized spacial score (nSPS) is 14.7. The number of hydrogen-bond donors (Lipinski definition) is 2. The van der Waals surface area contributed by atoms with Gasteiger partial charge >= 0.3 is 6.09 Å². The molecule has 0 radical (unpaired) electrons. The second-order valence-electron chi connectivity index (χ2n) is 7.14. The second kappa shape index (κ2) is 8.73. The van der Waals surface area contributed by atoms with Gasteiger partial charge in [0.15, 0.2) is 0 Å². The van der Waals surface area contributed by atoms with Crippen LogP contribution in [-0.2, 0) is 4.74 Å². The van der Waals surface area contributed by atoms with Crippen molar-refractivity contribution in [2.75, 3.05) is 0 Å². The van der Waals surface area contributed by atoms with Crippen molar-refractivity contribution < 1.29 is 14.6 Å². The third-order valence-corrected chi connectivity index (χ3v) is 3.13. The van der Waals surface area contributed by atoms with Crippen molar-refractivity contribution in [2.24, 2.45) is 5.92 Å².